The number of fused-ring (bicyclic) bond motifs is 1. The van der Waals surface area contributed by atoms with Gasteiger partial charge in [-0.15, -0.1) is 0 Å². The molecule has 0 aromatic carbocycles. The molecule has 0 aliphatic carbocycles. The van der Waals surface area contributed by atoms with Crippen LogP contribution in [0, 0.1) is 0 Å². The molecule has 4 nitrogen and oxygen atoms in total. The van der Waals surface area contributed by atoms with Gasteiger partial charge in [0.15, 0.2) is 0 Å². The van der Waals surface area contributed by atoms with Gasteiger partial charge in [-0.25, -0.2) is 0 Å². The van der Waals surface area contributed by atoms with Gasteiger partial charge in [0.1, 0.15) is 6.23 Å². The number of unbranched alkanes of at least 4 members (excludes halogenated alkanes) is 10. The number of rotatable bonds is 12. The summed E-state index contributed by atoms with van der Waals surface area (Å²) in [5, 5.41) is -0.276. The third-order valence-electron chi connectivity index (χ3n) is 5.59. The molecule has 5 heteroatoms. The lowest BCUT2D eigenvalue weighted by molar-refractivity contribution is -0.0433. The molecule has 0 N–H and O–H groups in total. The van der Waals surface area contributed by atoms with E-state index < -0.39 is 10.1 Å². The van der Waals surface area contributed by atoms with Crippen LogP contribution in [0.25, 0.3) is 0 Å². The van der Waals surface area contributed by atoms with E-state index in [1.54, 1.807) is 0 Å². The summed E-state index contributed by atoms with van der Waals surface area (Å²) >= 11 is 0. The quantitative estimate of drug-likeness (QED) is 0.335. The molecular weight excluding hydrogens is 334 g/mol. The summed E-state index contributed by atoms with van der Waals surface area (Å²) in [6.45, 7) is 4.13. The lowest BCUT2D eigenvalue weighted by Crippen LogP contribution is -2.48. The molecule has 0 amide bonds. The number of hydrogen-bond acceptors (Lipinski definition) is 4. The van der Waals surface area contributed by atoms with E-state index in [-0.39, 0.29) is 18.9 Å². The van der Waals surface area contributed by atoms with Crippen molar-refractivity contribution in [3.8, 4) is 0 Å². The molecule has 25 heavy (non-hydrogen) atoms. The zero-order chi connectivity index (χ0) is 17.3. The second kappa shape index (κ2) is 12.3. The van der Waals surface area contributed by atoms with Crippen LogP contribution in [0.15, 0.2) is 0 Å². The maximum Gasteiger partial charge on any atom is 0.271 e. The van der Waals surface area contributed by atoms with E-state index in [1.807, 2.05) is 0 Å². The van der Waals surface area contributed by atoms with Crippen molar-refractivity contribution < 1.29 is 12.6 Å². The zero-order valence-corrected chi connectivity index (χ0v) is 16.4. The van der Waals surface area contributed by atoms with E-state index in [0.29, 0.717) is 0 Å². The van der Waals surface area contributed by atoms with Crippen molar-refractivity contribution in [1.29, 1.82) is 0 Å². The van der Waals surface area contributed by atoms with E-state index in [4.69, 9.17) is 4.18 Å². The first-order valence-electron chi connectivity index (χ1n) is 10.3. The molecule has 2 atom stereocenters. The van der Waals surface area contributed by atoms with Gasteiger partial charge < -0.3 is 0 Å². The molecule has 2 aliphatic heterocycles. The van der Waals surface area contributed by atoms with E-state index >= 15 is 0 Å². The maximum atomic E-state index is 12.3. The molecule has 2 rings (SSSR count). The fourth-order valence-electron chi connectivity index (χ4n) is 3.79. The Morgan fingerprint density at radius 1 is 0.840 bits per heavy atom. The van der Waals surface area contributed by atoms with Crippen molar-refractivity contribution in [1.82, 2.24) is 4.90 Å². The third kappa shape index (κ3) is 7.96. The molecule has 2 heterocycles. The van der Waals surface area contributed by atoms with Gasteiger partial charge in [-0.3, -0.25) is 9.08 Å². The van der Waals surface area contributed by atoms with Crippen LogP contribution in [0.3, 0.4) is 0 Å². The van der Waals surface area contributed by atoms with Crippen molar-refractivity contribution in [2.45, 2.75) is 116 Å². The normalized spacial score (nSPS) is 25.5. The first-order chi connectivity index (χ1) is 11.6. The number of hydrogen-bond donors (Lipinski definition) is 0. The molecule has 2 unspecified atom stereocenters. The zero-order valence-electron chi connectivity index (χ0n) is 15.5. The molecule has 0 saturated carbocycles. The van der Waals surface area contributed by atoms with Gasteiger partial charge in [-0.05, 0) is 12.8 Å². The fraction of sp³-hybridized carbons (Fsp3) is 1.00. The molecule has 0 aromatic heterocycles. The van der Waals surface area contributed by atoms with Gasteiger partial charge in [0, 0.05) is 19.5 Å². The third-order valence-corrected chi connectivity index (χ3v) is 7.37. The van der Waals surface area contributed by atoms with Crippen molar-refractivity contribution in [3.05, 3.63) is 0 Å². The van der Waals surface area contributed by atoms with E-state index in [2.05, 4.69) is 11.8 Å². The largest absolute Gasteiger partial charge is 0.277 e. The van der Waals surface area contributed by atoms with Crippen LogP contribution in [0.4, 0.5) is 0 Å². The highest BCUT2D eigenvalue weighted by atomic mass is 32.2. The molecular formula is C20H41NO3S. The standard InChI is InChI=1S/C19H37NO3S.CH4/c1-2-3-4-5-6-7-8-9-10-11-12-13-18-14-16-20-17-15-19(20)23-24(18,21)22;/h18-19H,2-17H2,1H3;1H4. The first-order valence-corrected chi connectivity index (χ1v) is 11.8. The predicted molar refractivity (Wildman–Crippen MR) is 106 cm³/mol. The van der Waals surface area contributed by atoms with Crippen LogP contribution in [0.5, 0.6) is 0 Å². The molecule has 2 saturated heterocycles. The second-order valence-electron chi connectivity index (χ2n) is 7.60. The topological polar surface area (TPSA) is 46.6 Å². The Morgan fingerprint density at radius 3 is 1.88 bits per heavy atom. The first kappa shape index (κ1) is 22.9. The smallest absolute Gasteiger partial charge is 0.271 e. The van der Waals surface area contributed by atoms with Crippen molar-refractivity contribution >= 4 is 10.1 Å². The minimum atomic E-state index is -3.35. The van der Waals surface area contributed by atoms with Crippen LogP contribution < -0.4 is 0 Å². The molecule has 0 spiro atoms. The highest BCUT2D eigenvalue weighted by molar-refractivity contribution is 7.87. The lowest BCUT2D eigenvalue weighted by atomic mass is 10.0. The van der Waals surface area contributed by atoms with Crippen LogP contribution in [-0.2, 0) is 14.3 Å². The second-order valence-corrected chi connectivity index (χ2v) is 9.45. The lowest BCUT2D eigenvalue weighted by Gasteiger charge is -2.37. The van der Waals surface area contributed by atoms with Gasteiger partial charge in [-0.2, -0.15) is 8.42 Å². The van der Waals surface area contributed by atoms with Gasteiger partial charge in [0.05, 0.1) is 5.25 Å². The van der Waals surface area contributed by atoms with E-state index in [9.17, 15) is 8.42 Å². The Bertz CT molecular complexity index is 438. The Balaban J connectivity index is 0.00000312. The average molecular weight is 376 g/mol. The Hall–Kier alpha value is -0.130. The van der Waals surface area contributed by atoms with Crippen LogP contribution in [0.2, 0.25) is 0 Å². The van der Waals surface area contributed by atoms with E-state index in [0.717, 1.165) is 45.2 Å². The van der Waals surface area contributed by atoms with Crippen molar-refractivity contribution in [2.75, 3.05) is 13.1 Å². The Kier molecular flexibility index (Phi) is 11.3. The van der Waals surface area contributed by atoms with Crippen LogP contribution >= 0.6 is 0 Å². The summed E-state index contributed by atoms with van der Waals surface area (Å²) in [4.78, 5) is 2.15. The van der Waals surface area contributed by atoms with Crippen LogP contribution in [0.1, 0.15) is 104 Å². The summed E-state index contributed by atoms with van der Waals surface area (Å²) in [6.07, 6.45) is 16.6. The highest BCUT2D eigenvalue weighted by Gasteiger charge is 2.40. The van der Waals surface area contributed by atoms with Gasteiger partial charge in [0.25, 0.3) is 10.1 Å². The molecule has 2 fully saturated rings. The summed E-state index contributed by atoms with van der Waals surface area (Å²) in [7, 11) is -3.35. The molecule has 0 aromatic rings. The minimum Gasteiger partial charge on any atom is -0.277 e. The monoisotopic (exact) mass is 375 g/mol. The number of nitrogens with zero attached hydrogens (tertiary/aromatic N) is 1. The maximum absolute atomic E-state index is 12.3. The highest BCUT2D eigenvalue weighted by Crippen LogP contribution is 2.29. The molecule has 150 valence electrons. The minimum absolute atomic E-state index is 0. The predicted octanol–water partition coefficient (Wildman–Crippen LogP) is 5.47. The summed E-state index contributed by atoms with van der Waals surface area (Å²) < 4.78 is 29.9. The van der Waals surface area contributed by atoms with Gasteiger partial charge >= 0.3 is 0 Å². The Labute approximate surface area is 156 Å². The molecule has 0 bridgehead atoms. The van der Waals surface area contributed by atoms with Gasteiger partial charge in [-0.1, -0.05) is 85.0 Å². The summed E-state index contributed by atoms with van der Waals surface area (Å²) in [5.74, 6) is 0. The fourth-order valence-corrected chi connectivity index (χ4v) is 5.33. The van der Waals surface area contributed by atoms with Crippen molar-refractivity contribution in [2.24, 2.45) is 0 Å². The van der Waals surface area contributed by atoms with Crippen molar-refractivity contribution in [3.63, 3.8) is 0 Å². The molecule has 0 radical (unpaired) electrons. The van der Waals surface area contributed by atoms with Gasteiger partial charge in [0.2, 0.25) is 0 Å². The summed E-state index contributed by atoms with van der Waals surface area (Å²) in [6, 6.07) is 0. The van der Waals surface area contributed by atoms with E-state index in [1.165, 1.54) is 57.8 Å². The average Bonchev–Trinajstić information content (AvgIpc) is 2.62. The van der Waals surface area contributed by atoms with Crippen LogP contribution in [-0.4, -0.2) is 37.9 Å². The SMILES string of the molecule is C.CCCCCCCCCCCCCC1CCN2CCC2OS1(=O)=O. The summed E-state index contributed by atoms with van der Waals surface area (Å²) in [5.41, 5.74) is 0. The Morgan fingerprint density at radius 2 is 1.36 bits per heavy atom. The molecule has 2 aliphatic rings.